The molecule has 0 saturated heterocycles. The second kappa shape index (κ2) is 5.28. The second-order valence-corrected chi connectivity index (χ2v) is 8.71. The fourth-order valence-corrected chi connectivity index (χ4v) is 5.58. The van der Waals surface area contributed by atoms with Crippen molar-refractivity contribution in [1.82, 2.24) is 0 Å². The van der Waals surface area contributed by atoms with Crippen LogP contribution >= 0.6 is 0 Å². The van der Waals surface area contributed by atoms with E-state index in [-0.39, 0.29) is 0 Å². The van der Waals surface area contributed by atoms with E-state index < -0.39 is 0 Å². The molecule has 0 bridgehead atoms. The summed E-state index contributed by atoms with van der Waals surface area (Å²) in [5.41, 5.74) is 4.56. The minimum Gasteiger partial charge on any atom is -0.0993 e. The third-order valence-electron chi connectivity index (χ3n) is 7.82. The van der Waals surface area contributed by atoms with E-state index in [1.165, 1.54) is 56.9 Å². The predicted molar refractivity (Wildman–Crippen MR) is 92.2 cm³/mol. The van der Waals surface area contributed by atoms with Gasteiger partial charge in [0, 0.05) is 0 Å². The first kappa shape index (κ1) is 15.4. The normalized spacial score (nSPS) is 49.4. The van der Waals surface area contributed by atoms with Crippen LogP contribution in [0.4, 0.5) is 0 Å². The van der Waals surface area contributed by atoms with Crippen molar-refractivity contribution >= 4 is 0 Å². The molecule has 0 heterocycles. The Hall–Kier alpha value is -0.520. The zero-order chi connectivity index (χ0) is 15.3. The first-order chi connectivity index (χ1) is 9.91. The largest absolute Gasteiger partial charge is 0.0993 e. The maximum Gasteiger partial charge on any atom is -0.00874 e. The number of fused-ring (bicyclic) bond motifs is 2. The summed E-state index contributed by atoms with van der Waals surface area (Å²) in [7, 11) is 0. The lowest BCUT2D eigenvalue weighted by atomic mass is 9.64. The molecule has 5 unspecified atom stereocenters. The highest BCUT2D eigenvalue weighted by Gasteiger charge is 2.55. The van der Waals surface area contributed by atoms with E-state index in [2.05, 4.69) is 40.3 Å². The maximum absolute atomic E-state index is 4.05. The van der Waals surface area contributed by atoms with E-state index in [0.717, 1.165) is 17.8 Å². The molecule has 0 aromatic rings. The molecular weight excluding hydrogens is 252 g/mol. The van der Waals surface area contributed by atoms with Crippen LogP contribution in [0.2, 0.25) is 0 Å². The van der Waals surface area contributed by atoms with Crippen LogP contribution in [0, 0.1) is 28.6 Å². The monoisotopic (exact) mass is 286 g/mol. The van der Waals surface area contributed by atoms with Crippen LogP contribution < -0.4 is 0 Å². The highest BCUT2D eigenvalue weighted by molar-refractivity contribution is 5.26. The molecule has 0 heteroatoms. The third kappa shape index (κ3) is 2.43. The summed E-state index contributed by atoms with van der Waals surface area (Å²) in [6.07, 6.45) is 13.7. The van der Waals surface area contributed by atoms with Gasteiger partial charge in [0.2, 0.25) is 0 Å². The summed E-state index contributed by atoms with van der Waals surface area (Å²) in [5.74, 6) is 2.92. The Bertz CT molecular complexity index is 455. The summed E-state index contributed by atoms with van der Waals surface area (Å²) in [6, 6.07) is 0. The molecule has 4 fully saturated rings. The average molecular weight is 287 g/mol. The quantitative estimate of drug-likeness (QED) is 0.444. The first-order valence-corrected chi connectivity index (χ1v) is 9.25. The summed E-state index contributed by atoms with van der Waals surface area (Å²) in [6.45, 7) is 13.6. The van der Waals surface area contributed by atoms with Crippen molar-refractivity contribution in [3.8, 4) is 0 Å². The van der Waals surface area contributed by atoms with Crippen LogP contribution in [0.5, 0.6) is 0 Å². The Morgan fingerprint density at radius 3 is 2.38 bits per heavy atom. The summed E-state index contributed by atoms with van der Waals surface area (Å²) in [4.78, 5) is 0. The highest BCUT2D eigenvalue weighted by atomic mass is 14.6. The number of rotatable bonds is 0. The minimum absolute atomic E-state index is 0.625. The third-order valence-corrected chi connectivity index (χ3v) is 7.82. The van der Waals surface area contributed by atoms with Crippen molar-refractivity contribution < 1.29 is 0 Å². The Kier molecular flexibility index (Phi) is 3.87. The SMILES string of the molecule is C/C=C1\CCCC2(C)C(C)CCC12.C=C1CCC2CC12C. The fourth-order valence-electron chi connectivity index (χ4n) is 5.58. The molecular formula is C21H34. The lowest BCUT2D eigenvalue weighted by Gasteiger charge is -2.41. The van der Waals surface area contributed by atoms with Gasteiger partial charge in [-0.25, -0.2) is 0 Å². The molecule has 0 aromatic carbocycles. The van der Waals surface area contributed by atoms with E-state index in [0.29, 0.717) is 10.8 Å². The first-order valence-electron chi connectivity index (χ1n) is 9.25. The Morgan fingerprint density at radius 1 is 1.14 bits per heavy atom. The Balaban J connectivity index is 0.000000140. The molecule has 118 valence electrons. The molecule has 4 rings (SSSR count). The molecule has 0 aliphatic heterocycles. The van der Waals surface area contributed by atoms with Crippen molar-refractivity contribution in [3.05, 3.63) is 23.8 Å². The topological polar surface area (TPSA) is 0 Å². The molecule has 0 radical (unpaired) electrons. The van der Waals surface area contributed by atoms with E-state index in [1.807, 2.05) is 0 Å². The van der Waals surface area contributed by atoms with Crippen molar-refractivity contribution in [1.29, 1.82) is 0 Å². The fraction of sp³-hybridized carbons (Fsp3) is 0.810. The van der Waals surface area contributed by atoms with Crippen LogP contribution in [-0.2, 0) is 0 Å². The standard InChI is InChI=1S/C13H22.C8H12/c1-4-11-6-5-9-13(3)10(2)7-8-12(11)13;1-6-3-4-7-5-8(6,7)2/h4,10,12H,5-9H2,1-3H3;7H,1,3-5H2,2H3/b11-4+;. The summed E-state index contributed by atoms with van der Waals surface area (Å²) in [5, 5.41) is 0. The molecule has 0 amide bonds. The summed E-state index contributed by atoms with van der Waals surface area (Å²) < 4.78 is 0. The molecule has 4 aliphatic rings. The van der Waals surface area contributed by atoms with Gasteiger partial charge in [0.05, 0.1) is 0 Å². The van der Waals surface area contributed by atoms with Gasteiger partial charge in [-0.2, -0.15) is 0 Å². The molecule has 4 saturated carbocycles. The molecule has 0 nitrogen and oxygen atoms in total. The zero-order valence-electron chi connectivity index (χ0n) is 14.7. The van der Waals surface area contributed by atoms with Gasteiger partial charge in [-0.3, -0.25) is 0 Å². The van der Waals surface area contributed by atoms with E-state index >= 15 is 0 Å². The second-order valence-electron chi connectivity index (χ2n) is 8.71. The lowest BCUT2D eigenvalue weighted by molar-refractivity contribution is 0.146. The smallest absolute Gasteiger partial charge is 0.00874 e. The van der Waals surface area contributed by atoms with Crippen LogP contribution in [-0.4, -0.2) is 0 Å². The van der Waals surface area contributed by atoms with Crippen LogP contribution in [0.15, 0.2) is 23.8 Å². The van der Waals surface area contributed by atoms with Gasteiger partial charge < -0.3 is 0 Å². The van der Waals surface area contributed by atoms with Crippen molar-refractivity contribution in [3.63, 3.8) is 0 Å². The Labute approximate surface area is 132 Å². The summed E-state index contributed by atoms with van der Waals surface area (Å²) >= 11 is 0. The van der Waals surface area contributed by atoms with Gasteiger partial charge >= 0.3 is 0 Å². The minimum atomic E-state index is 0.625. The Morgan fingerprint density at radius 2 is 1.90 bits per heavy atom. The predicted octanol–water partition coefficient (Wildman–Crippen LogP) is 6.53. The maximum atomic E-state index is 4.05. The van der Waals surface area contributed by atoms with Gasteiger partial charge in [-0.15, -0.1) is 0 Å². The van der Waals surface area contributed by atoms with Gasteiger partial charge in [0.15, 0.2) is 0 Å². The number of hydrogen-bond acceptors (Lipinski definition) is 0. The van der Waals surface area contributed by atoms with Crippen LogP contribution in [0.3, 0.4) is 0 Å². The highest BCUT2D eigenvalue weighted by Crippen LogP contribution is 2.65. The van der Waals surface area contributed by atoms with Gasteiger partial charge in [0.1, 0.15) is 0 Å². The molecule has 21 heavy (non-hydrogen) atoms. The molecule has 0 N–H and O–H groups in total. The average Bonchev–Trinajstić information content (AvgIpc) is 2.94. The van der Waals surface area contributed by atoms with Gasteiger partial charge in [-0.05, 0) is 86.9 Å². The molecule has 0 spiro atoms. The lowest BCUT2D eigenvalue weighted by Crippen LogP contribution is -2.31. The zero-order valence-corrected chi connectivity index (χ0v) is 14.7. The number of allylic oxidation sites excluding steroid dienone is 3. The number of hydrogen-bond donors (Lipinski definition) is 0. The van der Waals surface area contributed by atoms with Crippen molar-refractivity contribution in [2.45, 2.75) is 79.1 Å². The van der Waals surface area contributed by atoms with E-state index in [4.69, 9.17) is 0 Å². The van der Waals surface area contributed by atoms with Gasteiger partial charge in [0.25, 0.3) is 0 Å². The van der Waals surface area contributed by atoms with Crippen molar-refractivity contribution in [2.24, 2.45) is 28.6 Å². The molecule has 5 atom stereocenters. The van der Waals surface area contributed by atoms with E-state index in [9.17, 15) is 0 Å². The van der Waals surface area contributed by atoms with Gasteiger partial charge in [-0.1, -0.05) is 44.6 Å². The van der Waals surface area contributed by atoms with Crippen LogP contribution in [0.1, 0.15) is 79.1 Å². The molecule has 0 aromatic heterocycles. The molecule has 4 aliphatic carbocycles. The van der Waals surface area contributed by atoms with Crippen LogP contribution in [0.25, 0.3) is 0 Å². The van der Waals surface area contributed by atoms with Crippen molar-refractivity contribution in [2.75, 3.05) is 0 Å². The van der Waals surface area contributed by atoms with E-state index in [1.54, 1.807) is 5.57 Å².